The Labute approximate surface area is 151 Å². The van der Waals surface area contributed by atoms with E-state index < -0.39 is 9.84 Å². The number of amides is 2. The van der Waals surface area contributed by atoms with Gasteiger partial charge in [-0.1, -0.05) is 0 Å². The number of nitrogens with one attached hydrogen (secondary N) is 2. The van der Waals surface area contributed by atoms with Crippen molar-refractivity contribution in [2.24, 2.45) is 5.92 Å². The molecule has 0 spiro atoms. The molecule has 0 unspecified atom stereocenters. The summed E-state index contributed by atoms with van der Waals surface area (Å²) in [5.41, 5.74) is 1.78. The molecule has 0 bridgehead atoms. The fourth-order valence-electron chi connectivity index (χ4n) is 2.91. The van der Waals surface area contributed by atoms with Gasteiger partial charge in [-0.2, -0.15) is 0 Å². The highest BCUT2D eigenvalue weighted by Gasteiger charge is 2.28. The summed E-state index contributed by atoms with van der Waals surface area (Å²) < 4.78 is 28.0. The number of rotatable bonds is 5. The predicted molar refractivity (Wildman–Crippen MR) is 96.9 cm³/mol. The van der Waals surface area contributed by atoms with Crippen LogP contribution in [0.15, 0.2) is 41.0 Å². The zero-order valence-electron chi connectivity index (χ0n) is 14.3. The first-order valence-corrected chi connectivity index (χ1v) is 10.1. The Bertz CT molecular complexity index is 919. The molecular weight excluding hydrogens is 356 g/mol. The van der Waals surface area contributed by atoms with Gasteiger partial charge in [0.05, 0.1) is 17.8 Å². The molecule has 2 amide bonds. The van der Waals surface area contributed by atoms with Gasteiger partial charge in [0.2, 0.25) is 0 Å². The van der Waals surface area contributed by atoms with Crippen LogP contribution in [0, 0.1) is 12.8 Å². The van der Waals surface area contributed by atoms with Crippen molar-refractivity contribution in [1.82, 2.24) is 5.32 Å². The van der Waals surface area contributed by atoms with Gasteiger partial charge in [-0.25, -0.2) is 8.42 Å². The SMILES string of the molecule is Cc1cc(C(=O)NC[C@@H]2CCS(=O)(=O)C2)ccc1NC(=O)c1ccco1. The van der Waals surface area contributed by atoms with Crippen molar-refractivity contribution >= 4 is 27.3 Å². The van der Waals surface area contributed by atoms with E-state index >= 15 is 0 Å². The minimum Gasteiger partial charge on any atom is -0.459 e. The van der Waals surface area contributed by atoms with Crippen molar-refractivity contribution in [1.29, 1.82) is 0 Å². The van der Waals surface area contributed by atoms with E-state index in [4.69, 9.17) is 4.42 Å². The minimum atomic E-state index is -2.95. The van der Waals surface area contributed by atoms with E-state index in [1.165, 1.54) is 6.26 Å². The maximum atomic E-state index is 12.3. The molecule has 1 aromatic carbocycles. The monoisotopic (exact) mass is 376 g/mol. The van der Waals surface area contributed by atoms with E-state index in [1.807, 2.05) is 0 Å². The third-order valence-corrected chi connectivity index (χ3v) is 6.20. The van der Waals surface area contributed by atoms with Gasteiger partial charge in [0.1, 0.15) is 0 Å². The zero-order chi connectivity index (χ0) is 18.7. The van der Waals surface area contributed by atoms with E-state index in [-0.39, 0.29) is 35.0 Å². The predicted octanol–water partition coefficient (Wildman–Crippen LogP) is 2.00. The van der Waals surface area contributed by atoms with Crippen LogP contribution in [0.25, 0.3) is 0 Å². The Kier molecular flexibility index (Phi) is 5.13. The molecule has 7 nitrogen and oxygen atoms in total. The summed E-state index contributed by atoms with van der Waals surface area (Å²) in [6, 6.07) is 8.15. The summed E-state index contributed by atoms with van der Waals surface area (Å²) in [5.74, 6) is -0.130. The molecule has 1 atom stereocenters. The number of anilines is 1. The van der Waals surface area contributed by atoms with E-state index in [9.17, 15) is 18.0 Å². The standard InChI is InChI=1S/C18H20N2O5S/c1-12-9-14(17(21)19-10-13-6-8-26(23,24)11-13)4-5-15(12)20-18(22)16-3-2-7-25-16/h2-5,7,9,13H,6,8,10-11H2,1H3,(H,19,21)(H,20,22)/t13-/m0/s1. The lowest BCUT2D eigenvalue weighted by Gasteiger charge is -2.12. The number of furan rings is 1. The van der Waals surface area contributed by atoms with Crippen molar-refractivity contribution in [3.05, 3.63) is 53.5 Å². The first kappa shape index (κ1) is 18.2. The lowest BCUT2D eigenvalue weighted by atomic mass is 10.1. The Morgan fingerprint density at radius 3 is 2.65 bits per heavy atom. The van der Waals surface area contributed by atoms with Crippen molar-refractivity contribution in [3.63, 3.8) is 0 Å². The molecule has 1 aromatic heterocycles. The summed E-state index contributed by atoms with van der Waals surface area (Å²) in [4.78, 5) is 24.3. The number of benzene rings is 1. The molecule has 8 heteroatoms. The third-order valence-electron chi connectivity index (χ3n) is 4.36. The van der Waals surface area contributed by atoms with Crippen LogP contribution in [0.5, 0.6) is 0 Å². The fourth-order valence-corrected chi connectivity index (χ4v) is 4.77. The van der Waals surface area contributed by atoms with Crippen molar-refractivity contribution < 1.29 is 22.4 Å². The van der Waals surface area contributed by atoms with Crippen molar-refractivity contribution in [3.8, 4) is 0 Å². The first-order valence-electron chi connectivity index (χ1n) is 8.28. The van der Waals surface area contributed by atoms with Gasteiger partial charge in [0.25, 0.3) is 11.8 Å². The van der Waals surface area contributed by atoms with Gasteiger partial charge in [-0.3, -0.25) is 9.59 Å². The largest absolute Gasteiger partial charge is 0.459 e. The van der Waals surface area contributed by atoms with Crippen LogP contribution >= 0.6 is 0 Å². The lowest BCUT2D eigenvalue weighted by molar-refractivity contribution is 0.0947. The van der Waals surface area contributed by atoms with Crippen molar-refractivity contribution in [2.75, 3.05) is 23.4 Å². The summed E-state index contributed by atoms with van der Waals surface area (Å²) in [6.07, 6.45) is 2.00. The molecular formula is C18H20N2O5S. The van der Waals surface area contributed by atoms with Crippen LogP contribution in [-0.4, -0.2) is 38.3 Å². The second-order valence-corrected chi connectivity index (χ2v) is 8.67. The zero-order valence-corrected chi connectivity index (χ0v) is 15.1. The van der Waals surface area contributed by atoms with Crippen LogP contribution in [0.1, 0.15) is 32.9 Å². The molecule has 0 radical (unpaired) electrons. The Balaban J connectivity index is 1.60. The smallest absolute Gasteiger partial charge is 0.291 e. The van der Waals surface area contributed by atoms with Crippen LogP contribution < -0.4 is 10.6 Å². The van der Waals surface area contributed by atoms with E-state index in [1.54, 1.807) is 37.3 Å². The second kappa shape index (κ2) is 7.33. The van der Waals surface area contributed by atoms with E-state index in [2.05, 4.69) is 10.6 Å². The number of hydrogen-bond acceptors (Lipinski definition) is 5. The molecule has 1 saturated heterocycles. The molecule has 1 fully saturated rings. The number of aryl methyl sites for hydroxylation is 1. The second-order valence-electron chi connectivity index (χ2n) is 6.44. The maximum Gasteiger partial charge on any atom is 0.291 e. The lowest BCUT2D eigenvalue weighted by Crippen LogP contribution is -2.29. The van der Waals surface area contributed by atoms with Crippen LogP contribution in [-0.2, 0) is 9.84 Å². The number of sulfone groups is 1. The maximum absolute atomic E-state index is 12.3. The first-order chi connectivity index (χ1) is 12.3. The van der Waals surface area contributed by atoms with Gasteiger partial charge >= 0.3 is 0 Å². The topological polar surface area (TPSA) is 105 Å². The van der Waals surface area contributed by atoms with Gasteiger partial charge in [-0.05, 0) is 55.2 Å². The number of carbonyl (C=O) groups excluding carboxylic acids is 2. The van der Waals surface area contributed by atoms with Gasteiger partial charge in [0, 0.05) is 17.8 Å². The van der Waals surface area contributed by atoms with E-state index in [0.29, 0.717) is 24.2 Å². The van der Waals surface area contributed by atoms with Crippen LogP contribution in [0.2, 0.25) is 0 Å². The van der Waals surface area contributed by atoms with Crippen molar-refractivity contribution in [2.45, 2.75) is 13.3 Å². The quantitative estimate of drug-likeness (QED) is 0.830. The highest BCUT2D eigenvalue weighted by Crippen LogP contribution is 2.19. The highest BCUT2D eigenvalue weighted by molar-refractivity contribution is 7.91. The van der Waals surface area contributed by atoms with Crippen LogP contribution in [0.4, 0.5) is 5.69 Å². The molecule has 2 N–H and O–H groups in total. The van der Waals surface area contributed by atoms with Crippen LogP contribution in [0.3, 0.4) is 0 Å². The molecule has 2 heterocycles. The summed E-state index contributed by atoms with van der Waals surface area (Å²) in [5, 5.41) is 5.52. The minimum absolute atomic E-state index is 0.0306. The van der Waals surface area contributed by atoms with Gasteiger partial charge in [-0.15, -0.1) is 0 Å². The molecule has 138 valence electrons. The Morgan fingerprint density at radius 2 is 2.04 bits per heavy atom. The average Bonchev–Trinajstić information content (AvgIpc) is 3.24. The summed E-state index contributed by atoms with van der Waals surface area (Å²) in [7, 11) is -2.95. The fraction of sp³-hybridized carbons (Fsp3) is 0.333. The Hall–Kier alpha value is -2.61. The normalized spacial score (nSPS) is 18.4. The van der Waals surface area contributed by atoms with E-state index in [0.717, 1.165) is 5.56 Å². The molecule has 0 saturated carbocycles. The van der Waals surface area contributed by atoms with Gasteiger partial charge in [0.15, 0.2) is 15.6 Å². The van der Waals surface area contributed by atoms with Gasteiger partial charge < -0.3 is 15.1 Å². The number of carbonyl (C=O) groups is 2. The highest BCUT2D eigenvalue weighted by atomic mass is 32.2. The molecule has 1 aliphatic rings. The molecule has 2 aromatic rings. The summed E-state index contributed by atoms with van der Waals surface area (Å²) in [6.45, 7) is 2.13. The molecule has 1 aliphatic heterocycles. The molecule has 3 rings (SSSR count). The summed E-state index contributed by atoms with van der Waals surface area (Å²) >= 11 is 0. The average molecular weight is 376 g/mol. The Morgan fingerprint density at radius 1 is 1.23 bits per heavy atom. The number of hydrogen-bond donors (Lipinski definition) is 2. The molecule has 0 aliphatic carbocycles. The third kappa shape index (κ3) is 4.32. The molecule has 26 heavy (non-hydrogen) atoms.